The summed E-state index contributed by atoms with van der Waals surface area (Å²) in [4.78, 5) is 25.9. The lowest BCUT2D eigenvalue weighted by molar-refractivity contribution is -0.116. The number of hydrogen-bond acceptors (Lipinski definition) is 5. The molecule has 3 rings (SSSR count). The molecule has 8 nitrogen and oxygen atoms in total. The maximum absolute atomic E-state index is 12.8. The molecule has 9 heteroatoms. The molecule has 2 amide bonds. The van der Waals surface area contributed by atoms with Crippen molar-refractivity contribution in [2.24, 2.45) is 0 Å². The summed E-state index contributed by atoms with van der Waals surface area (Å²) < 4.78 is 26.5. The molecule has 0 unspecified atom stereocenters. The lowest BCUT2D eigenvalue weighted by Crippen LogP contribution is -2.35. The van der Waals surface area contributed by atoms with Crippen LogP contribution in [-0.4, -0.2) is 51.2 Å². The molecule has 0 radical (unpaired) electrons. The van der Waals surface area contributed by atoms with Crippen LogP contribution in [0.5, 0.6) is 0 Å². The Kier molecular flexibility index (Phi) is 7.87. The van der Waals surface area contributed by atoms with E-state index in [1.54, 1.807) is 0 Å². The van der Waals surface area contributed by atoms with Crippen LogP contribution in [0.25, 0.3) is 0 Å². The first kappa shape index (κ1) is 23.7. The zero-order valence-corrected chi connectivity index (χ0v) is 19.3. The average molecular weight is 459 g/mol. The van der Waals surface area contributed by atoms with Gasteiger partial charge in [0.1, 0.15) is 0 Å². The maximum Gasteiger partial charge on any atom is 0.243 e. The Labute approximate surface area is 189 Å². The van der Waals surface area contributed by atoms with Crippen molar-refractivity contribution in [1.29, 1.82) is 0 Å². The van der Waals surface area contributed by atoms with Crippen LogP contribution in [0.2, 0.25) is 0 Å². The van der Waals surface area contributed by atoms with Gasteiger partial charge in [-0.1, -0.05) is 12.8 Å². The van der Waals surface area contributed by atoms with Crippen molar-refractivity contribution in [1.82, 2.24) is 4.31 Å². The molecule has 0 spiro atoms. The van der Waals surface area contributed by atoms with Gasteiger partial charge in [-0.2, -0.15) is 4.31 Å². The third-order valence-corrected chi connectivity index (χ3v) is 7.19. The molecule has 0 saturated carbocycles. The topological polar surface area (TPSA) is 98.8 Å². The summed E-state index contributed by atoms with van der Waals surface area (Å²) in [6, 6.07) is 13.5. The van der Waals surface area contributed by atoms with Gasteiger partial charge < -0.3 is 15.5 Å². The molecule has 1 heterocycles. The monoisotopic (exact) mass is 458 g/mol. The summed E-state index contributed by atoms with van der Waals surface area (Å²) in [6.45, 7) is 3.14. The number of nitrogens with one attached hydrogen (secondary N) is 2. The van der Waals surface area contributed by atoms with Crippen LogP contribution in [0.3, 0.4) is 0 Å². The van der Waals surface area contributed by atoms with Crippen molar-refractivity contribution in [3.63, 3.8) is 0 Å². The minimum atomic E-state index is -3.84. The summed E-state index contributed by atoms with van der Waals surface area (Å²) >= 11 is 0. The van der Waals surface area contributed by atoms with Gasteiger partial charge in [0.05, 0.1) is 11.4 Å². The minimum Gasteiger partial charge on any atom is -0.372 e. The second-order valence-corrected chi connectivity index (χ2v) is 10.0. The highest BCUT2D eigenvalue weighted by molar-refractivity contribution is 7.89. The number of rotatable bonds is 7. The zero-order chi connectivity index (χ0) is 23.1. The molecule has 1 aliphatic heterocycles. The van der Waals surface area contributed by atoms with E-state index in [0.717, 1.165) is 23.1 Å². The van der Waals surface area contributed by atoms with Gasteiger partial charge in [-0.05, 0) is 61.4 Å². The minimum absolute atomic E-state index is 0.0451. The molecule has 1 aliphatic rings. The number of nitrogens with zero attached hydrogens (tertiary/aromatic N) is 2. The molecule has 2 aromatic rings. The number of likely N-dealkylation sites (N-methyl/N-ethyl adjacent to an activating group) is 1. The Balaban J connectivity index is 1.58. The molecule has 1 fully saturated rings. The van der Waals surface area contributed by atoms with Crippen molar-refractivity contribution in [3.8, 4) is 0 Å². The Bertz CT molecular complexity index is 1030. The smallest absolute Gasteiger partial charge is 0.243 e. The Hall–Kier alpha value is -2.91. The number of amides is 2. The van der Waals surface area contributed by atoms with E-state index in [4.69, 9.17) is 0 Å². The highest BCUT2D eigenvalue weighted by Gasteiger charge is 2.23. The molecule has 0 bridgehead atoms. The normalized spacial score (nSPS) is 14.7. The van der Waals surface area contributed by atoms with Crippen LogP contribution in [0, 0.1) is 0 Å². The van der Waals surface area contributed by atoms with Gasteiger partial charge in [0.2, 0.25) is 21.8 Å². The second-order valence-electron chi connectivity index (χ2n) is 7.96. The van der Waals surface area contributed by atoms with Crippen LogP contribution in [0.1, 0.15) is 32.6 Å². The van der Waals surface area contributed by atoms with Crippen LogP contribution in [0.15, 0.2) is 53.4 Å². The maximum atomic E-state index is 12.8. The summed E-state index contributed by atoms with van der Waals surface area (Å²) in [5, 5.41) is 5.34. The highest BCUT2D eigenvalue weighted by atomic mass is 32.2. The molecule has 0 aliphatic carbocycles. The molecule has 0 aromatic heterocycles. The lowest BCUT2D eigenvalue weighted by Gasteiger charge is -2.23. The number of carbonyl (C=O) groups is 2. The summed E-state index contributed by atoms with van der Waals surface area (Å²) in [7, 11) is -2.48. The zero-order valence-electron chi connectivity index (χ0n) is 18.5. The van der Waals surface area contributed by atoms with Gasteiger partial charge in [0.15, 0.2) is 0 Å². The first-order valence-electron chi connectivity index (χ1n) is 10.7. The van der Waals surface area contributed by atoms with Gasteiger partial charge >= 0.3 is 0 Å². The first-order valence-corrected chi connectivity index (χ1v) is 12.2. The predicted molar refractivity (Wildman–Crippen MR) is 126 cm³/mol. The molecule has 2 aromatic carbocycles. The standard InChI is InChI=1S/C23H30N4O4S/c1-18(28)24-19-9-13-22(14-10-19)32(30,31)26(2)17-23(29)25-20-7-11-21(12-8-20)27-15-5-3-4-6-16-27/h7-14H,3-6,15-17H2,1-2H3,(H,24,28)(H,25,29). The summed E-state index contributed by atoms with van der Waals surface area (Å²) in [5.74, 6) is -0.665. The van der Waals surface area contributed by atoms with E-state index in [0.29, 0.717) is 11.4 Å². The van der Waals surface area contributed by atoms with Crippen molar-refractivity contribution >= 4 is 38.9 Å². The fraction of sp³-hybridized carbons (Fsp3) is 0.391. The molecule has 1 saturated heterocycles. The van der Waals surface area contributed by atoms with Crippen molar-refractivity contribution in [2.45, 2.75) is 37.5 Å². The van der Waals surface area contributed by atoms with E-state index in [2.05, 4.69) is 15.5 Å². The van der Waals surface area contributed by atoms with Crippen molar-refractivity contribution < 1.29 is 18.0 Å². The molecule has 2 N–H and O–H groups in total. The fourth-order valence-electron chi connectivity index (χ4n) is 3.67. The number of hydrogen-bond donors (Lipinski definition) is 2. The highest BCUT2D eigenvalue weighted by Crippen LogP contribution is 2.22. The largest absolute Gasteiger partial charge is 0.372 e. The van der Waals surface area contributed by atoms with Crippen molar-refractivity contribution in [3.05, 3.63) is 48.5 Å². The number of carbonyl (C=O) groups excluding carboxylic acids is 2. The molecular weight excluding hydrogens is 428 g/mol. The molecule has 32 heavy (non-hydrogen) atoms. The third-order valence-electron chi connectivity index (χ3n) is 5.37. The van der Waals surface area contributed by atoms with E-state index >= 15 is 0 Å². The third kappa shape index (κ3) is 6.30. The summed E-state index contributed by atoms with van der Waals surface area (Å²) in [5.41, 5.74) is 2.26. The Morgan fingerprint density at radius 3 is 1.97 bits per heavy atom. The number of sulfonamides is 1. The average Bonchev–Trinajstić information content (AvgIpc) is 3.04. The first-order chi connectivity index (χ1) is 15.3. The van der Waals surface area contributed by atoms with Crippen LogP contribution in [0.4, 0.5) is 17.1 Å². The number of anilines is 3. The van der Waals surface area contributed by atoms with Crippen molar-refractivity contribution in [2.75, 3.05) is 42.2 Å². The lowest BCUT2D eigenvalue weighted by atomic mass is 10.2. The van der Waals surface area contributed by atoms with Gasteiger partial charge in [-0.3, -0.25) is 9.59 Å². The molecular formula is C23H30N4O4S. The summed E-state index contributed by atoms with van der Waals surface area (Å²) in [6.07, 6.45) is 4.91. The van der Waals surface area contributed by atoms with E-state index < -0.39 is 15.9 Å². The molecule has 0 atom stereocenters. The predicted octanol–water partition coefficient (Wildman–Crippen LogP) is 3.28. The van der Waals surface area contributed by atoms with Gasteiger partial charge in [0.25, 0.3) is 0 Å². The van der Waals surface area contributed by atoms with E-state index in [1.165, 1.54) is 63.9 Å². The SMILES string of the molecule is CC(=O)Nc1ccc(S(=O)(=O)N(C)CC(=O)Nc2ccc(N3CCCCCC3)cc2)cc1. The van der Waals surface area contributed by atoms with E-state index in [9.17, 15) is 18.0 Å². The van der Waals surface area contributed by atoms with E-state index in [1.807, 2.05) is 24.3 Å². The van der Waals surface area contributed by atoms with Crippen LogP contribution in [-0.2, 0) is 19.6 Å². The molecule has 172 valence electrons. The second kappa shape index (κ2) is 10.6. The fourth-order valence-corrected chi connectivity index (χ4v) is 4.79. The van der Waals surface area contributed by atoms with Gasteiger partial charge in [0, 0.05) is 44.1 Å². The van der Waals surface area contributed by atoms with Gasteiger partial charge in [-0.25, -0.2) is 8.42 Å². The Morgan fingerprint density at radius 2 is 1.41 bits per heavy atom. The quantitative estimate of drug-likeness (QED) is 0.663. The van der Waals surface area contributed by atoms with Gasteiger partial charge in [-0.15, -0.1) is 0 Å². The van der Waals surface area contributed by atoms with Crippen LogP contribution >= 0.6 is 0 Å². The Morgan fingerprint density at radius 1 is 0.875 bits per heavy atom. The van der Waals surface area contributed by atoms with E-state index in [-0.39, 0.29) is 17.3 Å². The number of benzene rings is 2. The van der Waals surface area contributed by atoms with Crippen LogP contribution < -0.4 is 15.5 Å².